The summed E-state index contributed by atoms with van der Waals surface area (Å²) < 4.78 is 41.8. The molecule has 7 nitrogen and oxygen atoms in total. The largest absolute Gasteiger partial charge is 0.497 e. The van der Waals surface area contributed by atoms with Crippen molar-refractivity contribution in [3.8, 4) is 17.2 Å². The summed E-state index contributed by atoms with van der Waals surface area (Å²) in [5, 5.41) is 0.339. The zero-order valence-electron chi connectivity index (χ0n) is 13.6. The molecule has 0 saturated heterocycles. The van der Waals surface area contributed by atoms with E-state index in [-0.39, 0.29) is 11.7 Å². The van der Waals surface area contributed by atoms with Crippen LogP contribution in [0.3, 0.4) is 0 Å². The molecule has 0 atom stereocenters. The predicted molar refractivity (Wildman–Crippen MR) is 94.9 cm³/mol. The van der Waals surface area contributed by atoms with Gasteiger partial charge < -0.3 is 14.2 Å². The van der Waals surface area contributed by atoms with E-state index in [1.54, 1.807) is 12.1 Å². The Hall–Kier alpha value is -2.71. The van der Waals surface area contributed by atoms with Crippen LogP contribution in [0.2, 0.25) is 5.02 Å². The lowest BCUT2D eigenvalue weighted by molar-refractivity contribution is -0.114. The van der Waals surface area contributed by atoms with Crippen molar-refractivity contribution in [1.82, 2.24) is 4.72 Å². The number of hydrogen-bond acceptors (Lipinski definition) is 6. The van der Waals surface area contributed by atoms with E-state index in [0.717, 1.165) is 6.08 Å². The number of rotatable bonds is 5. The van der Waals surface area contributed by atoms with Crippen LogP contribution in [0.5, 0.6) is 17.2 Å². The lowest BCUT2D eigenvalue weighted by Crippen LogP contribution is -2.28. The average Bonchev–Trinajstić information content (AvgIpc) is 3.09. The molecule has 2 aromatic carbocycles. The first-order chi connectivity index (χ1) is 12.4. The molecule has 1 aliphatic heterocycles. The normalized spacial score (nSPS) is 13.0. The molecular weight excluding hydrogens is 382 g/mol. The van der Waals surface area contributed by atoms with Gasteiger partial charge in [-0.3, -0.25) is 4.79 Å². The zero-order chi connectivity index (χ0) is 18.7. The molecule has 9 heteroatoms. The Morgan fingerprint density at radius 1 is 1.23 bits per heavy atom. The molecule has 0 aliphatic carbocycles. The Balaban J connectivity index is 1.71. The van der Waals surface area contributed by atoms with E-state index in [2.05, 4.69) is 0 Å². The van der Waals surface area contributed by atoms with E-state index in [1.807, 2.05) is 4.72 Å². The van der Waals surface area contributed by atoms with Crippen molar-refractivity contribution in [3.05, 3.63) is 53.1 Å². The van der Waals surface area contributed by atoms with Crippen molar-refractivity contribution in [2.45, 2.75) is 4.90 Å². The standard InChI is InChI=1S/C17H14ClNO6S/c1-23-12-3-5-13(6-4-12)26(21,22)19-16(20)7-2-11-8-14(18)17-15(9-11)24-10-25-17/h2-9H,10H2,1H3,(H,19,20)/b7-2+. The Kier molecular flexibility index (Phi) is 5.06. The number of amides is 1. The molecule has 0 unspecified atom stereocenters. The monoisotopic (exact) mass is 395 g/mol. The molecule has 136 valence electrons. The Morgan fingerprint density at radius 3 is 2.65 bits per heavy atom. The van der Waals surface area contributed by atoms with E-state index in [1.165, 1.54) is 37.5 Å². The van der Waals surface area contributed by atoms with E-state index in [9.17, 15) is 13.2 Å². The lowest BCUT2D eigenvalue weighted by Gasteiger charge is -2.06. The number of fused-ring (bicyclic) bond motifs is 1. The van der Waals surface area contributed by atoms with Gasteiger partial charge in [-0.2, -0.15) is 0 Å². The highest BCUT2D eigenvalue weighted by Gasteiger charge is 2.18. The maximum atomic E-state index is 12.2. The minimum Gasteiger partial charge on any atom is -0.497 e. The number of nitrogens with one attached hydrogen (secondary N) is 1. The Labute approximate surface area is 155 Å². The van der Waals surface area contributed by atoms with Crippen molar-refractivity contribution < 1.29 is 27.4 Å². The summed E-state index contributed by atoms with van der Waals surface area (Å²) in [7, 11) is -2.51. The fraction of sp³-hybridized carbons (Fsp3) is 0.118. The predicted octanol–water partition coefficient (Wildman–Crippen LogP) is 2.60. The molecular formula is C17H14ClNO6S. The molecule has 26 heavy (non-hydrogen) atoms. The van der Waals surface area contributed by atoms with Crippen LogP contribution in [0.15, 0.2) is 47.4 Å². The second-order valence-corrected chi connectivity index (χ2v) is 7.30. The van der Waals surface area contributed by atoms with Crippen LogP contribution in [0.1, 0.15) is 5.56 Å². The maximum absolute atomic E-state index is 12.2. The van der Waals surface area contributed by atoms with E-state index >= 15 is 0 Å². The van der Waals surface area contributed by atoms with Gasteiger partial charge in [-0.05, 0) is 48.0 Å². The fourth-order valence-electron chi connectivity index (χ4n) is 2.24. The van der Waals surface area contributed by atoms with Crippen molar-refractivity contribution in [1.29, 1.82) is 0 Å². The van der Waals surface area contributed by atoms with E-state index < -0.39 is 15.9 Å². The third kappa shape index (κ3) is 3.92. The van der Waals surface area contributed by atoms with Crippen LogP contribution >= 0.6 is 11.6 Å². The van der Waals surface area contributed by atoms with Crippen LogP contribution in [0.4, 0.5) is 0 Å². The number of carbonyl (C=O) groups is 1. The highest BCUT2D eigenvalue weighted by atomic mass is 35.5. The molecule has 2 aromatic rings. The first kappa shape index (κ1) is 18.1. The molecule has 1 aliphatic rings. The summed E-state index contributed by atoms with van der Waals surface area (Å²) in [4.78, 5) is 11.9. The summed E-state index contributed by atoms with van der Waals surface area (Å²) in [5.41, 5.74) is 0.566. The van der Waals surface area contributed by atoms with Gasteiger partial charge >= 0.3 is 0 Å². The van der Waals surface area contributed by atoms with Crippen molar-refractivity contribution in [3.63, 3.8) is 0 Å². The number of halogens is 1. The fourth-order valence-corrected chi connectivity index (χ4v) is 3.45. The van der Waals surface area contributed by atoms with Gasteiger partial charge in [0.1, 0.15) is 5.75 Å². The van der Waals surface area contributed by atoms with Crippen LogP contribution in [-0.4, -0.2) is 28.2 Å². The average molecular weight is 396 g/mol. The minimum absolute atomic E-state index is 0.0498. The number of carbonyl (C=O) groups excluding carboxylic acids is 1. The topological polar surface area (TPSA) is 90.9 Å². The maximum Gasteiger partial charge on any atom is 0.264 e. The molecule has 0 aromatic heterocycles. The lowest BCUT2D eigenvalue weighted by atomic mass is 10.2. The molecule has 3 rings (SSSR count). The van der Waals surface area contributed by atoms with Crippen LogP contribution < -0.4 is 18.9 Å². The van der Waals surface area contributed by atoms with Gasteiger partial charge in [-0.15, -0.1) is 0 Å². The van der Waals surface area contributed by atoms with Gasteiger partial charge in [-0.1, -0.05) is 11.6 Å². The molecule has 1 N–H and O–H groups in total. The highest BCUT2D eigenvalue weighted by molar-refractivity contribution is 7.90. The molecule has 0 bridgehead atoms. The highest BCUT2D eigenvalue weighted by Crippen LogP contribution is 2.40. The molecule has 1 heterocycles. The number of benzene rings is 2. The second-order valence-electron chi connectivity index (χ2n) is 5.22. The van der Waals surface area contributed by atoms with Gasteiger partial charge in [-0.25, -0.2) is 13.1 Å². The SMILES string of the molecule is COc1ccc(S(=O)(=O)NC(=O)/C=C/c2cc(Cl)c3c(c2)OCO3)cc1. The van der Waals surface area contributed by atoms with Gasteiger partial charge in [0, 0.05) is 6.08 Å². The van der Waals surface area contributed by atoms with Crippen molar-refractivity contribution in [2.75, 3.05) is 13.9 Å². The molecule has 1 amide bonds. The first-order valence-corrected chi connectivity index (χ1v) is 9.23. The van der Waals surface area contributed by atoms with Crippen molar-refractivity contribution >= 4 is 33.6 Å². The van der Waals surface area contributed by atoms with Crippen LogP contribution in [0, 0.1) is 0 Å². The van der Waals surface area contributed by atoms with Gasteiger partial charge in [0.25, 0.3) is 15.9 Å². The third-order valence-electron chi connectivity index (χ3n) is 3.48. The van der Waals surface area contributed by atoms with E-state index in [0.29, 0.717) is 27.8 Å². The van der Waals surface area contributed by atoms with E-state index in [4.69, 9.17) is 25.8 Å². The summed E-state index contributed by atoms with van der Waals surface area (Å²) >= 11 is 6.06. The quantitative estimate of drug-likeness (QED) is 0.782. The number of hydrogen-bond donors (Lipinski definition) is 1. The van der Waals surface area contributed by atoms with Crippen LogP contribution in [-0.2, 0) is 14.8 Å². The smallest absolute Gasteiger partial charge is 0.264 e. The summed E-state index contributed by atoms with van der Waals surface area (Å²) in [6, 6.07) is 8.88. The minimum atomic E-state index is -3.98. The molecule has 0 spiro atoms. The number of ether oxygens (including phenoxy) is 3. The number of methoxy groups -OCH3 is 1. The molecule has 0 saturated carbocycles. The first-order valence-electron chi connectivity index (χ1n) is 7.37. The third-order valence-corrected chi connectivity index (χ3v) is 5.12. The summed E-state index contributed by atoms with van der Waals surface area (Å²) in [6.07, 6.45) is 2.52. The Morgan fingerprint density at radius 2 is 1.96 bits per heavy atom. The van der Waals surface area contributed by atoms with Gasteiger partial charge in [0.15, 0.2) is 11.5 Å². The number of sulfonamides is 1. The van der Waals surface area contributed by atoms with Crippen LogP contribution in [0.25, 0.3) is 6.08 Å². The zero-order valence-corrected chi connectivity index (χ0v) is 15.1. The molecule has 0 radical (unpaired) electrons. The summed E-state index contributed by atoms with van der Waals surface area (Å²) in [6.45, 7) is 0.0722. The van der Waals surface area contributed by atoms with Gasteiger partial charge in [0.05, 0.1) is 17.0 Å². The van der Waals surface area contributed by atoms with Crippen molar-refractivity contribution in [2.24, 2.45) is 0 Å². The second kappa shape index (κ2) is 7.27. The van der Waals surface area contributed by atoms with Gasteiger partial charge in [0.2, 0.25) is 6.79 Å². The molecule has 0 fully saturated rings. The summed E-state index contributed by atoms with van der Waals surface area (Å²) in [5.74, 6) is 0.614. The Bertz CT molecular complexity index is 969.